The average Bonchev–Trinajstić information content (AvgIpc) is 3.14. The summed E-state index contributed by atoms with van der Waals surface area (Å²) in [6, 6.07) is 5.16. The molecule has 1 aromatic carbocycles. The molecule has 8 heteroatoms. The van der Waals surface area contributed by atoms with Gasteiger partial charge in [0.15, 0.2) is 0 Å². The zero-order valence-electron chi connectivity index (χ0n) is 17.3. The highest BCUT2D eigenvalue weighted by Crippen LogP contribution is 2.24. The summed E-state index contributed by atoms with van der Waals surface area (Å²) < 4.78 is 12.3. The third kappa shape index (κ3) is 4.88. The zero-order valence-corrected chi connectivity index (χ0v) is 17.3. The SMILES string of the molecule is COc1cc(OC)cc(C(=O)NCC2CCn3ncc(C(=O)NC(C)C)c3C2)c1. The van der Waals surface area contributed by atoms with Gasteiger partial charge in [0, 0.05) is 30.8 Å². The van der Waals surface area contributed by atoms with Crippen LogP contribution in [-0.4, -0.2) is 48.4 Å². The van der Waals surface area contributed by atoms with E-state index in [9.17, 15) is 9.59 Å². The average molecular weight is 400 g/mol. The molecule has 0 spiro atoms. The van der Waals surface area contributed by atoms with E-state index in [1.54, 1.807) is 38.6 Å². The first-order valence-corrected chi connectivity index (χ1v) is 9.78. The Morgan fingerprint density at radius 2 is 1.86 bits per heavy atom. The van der Waals surface area contributed by atoms with E-state index in [2.05, 4.69) is 15.7 Å². The Labute approximate surface area is 170 Å². The van der Waals surface area contributed by atoms with Crippen LogP contribution in [-0.2, 0) is 13.0 Å². The fourth-order valence-corrected chi connectivity index (χ4v) is 3.48. The maximum Gasteiger partial charge on any atom is 0.254 e. The van der Waals surface area contributed by atoms with Gasteiger partial charge in [-0.1, -0.05) is 0 Å². The maximum absolute atomic E-state index is 12.6. The number of rotatable bonds is 7. The number of fused-ring (bicyclic) bond motifs is 1. The van der Waals surface area contributed by atoms with E-state index < -0.39 is 0 Å². The number of carbonyl (C=O) groups excluding carboxylic acids is 2. The minimum absolute atomic E-state index is 0.0663. The Kier molecular flexibility index (Phi) is 6.41. The molecule has 2 aromatic rings. The highest BCUT2D eigenvalue weighted by atomic mass is 16.5. The second-order valence-electron chi connectivity index (χ2n) is 7.53. The summed E-state index contributed by atoms with van der Waals surface area (Å²) >= 11 is 0. The molecule has 29 heavy (non-hydrogen) atoms. The summed E-state index contributed by atoms with van der Waals surface area (Å²) in [5.74, 6) is 1.09. The summed E-state index contributed by atoms with van der Waals surface area (Å²) in [6.07, 6.45) is 3.22. The summed E-state index contributed by atoms with van der Waals surface area (Å²) in [5, 5.41) is 10.3. The van der Waals surface area contributed by atoms with Crippen LogP contribution in [0.1, 0.15) is 46.7 Å². The van der Waals surface area contributed by atoms with Crippen molar-refractivity contribution in [1.29, 1.82) is 0 Å². The number of methoxy groups -OCH3 is 2. The summed E-state index contributed by atoms with van der Waals surface area (Å²) in [5.41, 5.74) is 2.03. The first kappa shape index (κ1) is 20.7. The van der Waals surface area contributed by atoms with E-state index >= 15 is 0 Å². The molecular formula is C21H28N4O4. The molecule has 156 valence electrons. The van der Waals surface area contributed by atoms with Crippen LogP contribution in [0.4, 0.5) is 0 Å². The number of hydrogen-bond donors (Lipinski definition) is 2. The molecule has 1 atom stereocenters. The number of aryl methyl sites for hydroxylation is 1. The second-order valence-corrected chi connectivity index (χ2v) is 7.53. The lowest BCUT2D eigenvalue weighted by molar-refractivity contribution is 0.0929. The van der Waals surface area contributed by atoms with Gasteiger partial charge >= 0.3 is 0 Å². The Balaban J connectivity index is 1.64. The molecular weight excluding hydrogens is 372 g/mol. The number of nitrogens with one attached hydrogen (secondary N) is 2. The molecule has 1 aliphatic heterocycles. The molecule has 0 aliphatic carbocycles. The zero-order chi connectivity index (χ0) is 21.0. The van der Waals surface area contributed by atoms with Crippen molar-refractivity contribution in [3.63, 3.8) is 0 Å². The molecule has 0 saturated heterocycles. The van der Waals surface area contributed by atoms with E-state index in [0.717, 1.165) is 18.7 Å². The van der Waals surface area contributed by atoms with Crippen LogP contribution in [0.25, 0.3) is 0 Å². The lowest BCUT2D eigenvalue weighted by atomic mass is 9.94. The quantitative estimate of drug-likeness (QED) is 0.742. The van der Waals surface area contributed by atoms with Gasteiger partial charge in [-0.15, -0.1) is 0 Å². The van der Waals surface area contributed by atoms with Crippen LogP contribution in [0.5, 0.6) is 11.5 Å². The van der Waals surface area contributed by atoms with Gasteiger partial charge in [-0.05, 0) is 44.7 Å². The van der Waals surface area contributed by atoms with Crippen molar-refractivity contribution in [3.05, 3.63) is 41.2 Å². The Morgan fingerprint density at radius 3 is 2.48 bits per heavy atom. The van der Waals surface area contributed by atoms with E-state index in [4.69, 9.17) is 9.47 Å². The minimum Gasteiger partial charge on any atom is -0.497 e. The highest BCUT2D eigenvalue weighted by molar-refractivity contribution is 5.95. The minimum atomic E-state index is -0.181. The monoisotopic (exact) mass is 400 g/mol. The molecule has 0 saturated carbocycles. The summed E-state index contributed by atoms with van der Waals surface area (Å²) in [7, 11) is 3.10. The Bertz CT molecular complexity index is 869. The van der Waals surface area contributed by atoms with Crippen LogP contribution in [0.15, 0.2) is 24.4 Å². The van der Waals surface area contributed by atoms with Crippen LogP contribution < -0.4 is 20.1 Å². The molecule has 2 heterocycles. The van der Waals surface area contributed by atoms with Crippen LogP contribution >= 0.6 is 0 Å². The van der Waals surface area contributed by atoms with Crippen LogP contribution in [0.2, 0.25) is 0 Å². The van der Waals surface area contributed by atoms with Crippen molar-refractivity contribution in [2.45, 2.75) is 39.3 Å². The fraction of sp³-hybridized carbons (Fsp3) is 0.476. The molecule has 1 aliphatic rings. The predicted molar refractivity (Wildman–Crippen MR) is 109 cm³/mol. The smallest absolute Gasteiger partial charge is 0.254 e. The number of benzene rings is 1. The molecule has 0 bridgehead atoms. The van der Waals surface area contributed by atoms with Gasteiger partial charge in [-0.25, -0.2) is 0 Å². The van der Waals surface area contributed by atoms with Crippen molar-refractivity contribution in [1.82, 2.24) is 20.4 Å². The first-order chi connectivity index (χ1) is 13.9. The Morgan fingerprint density at radius 1 is 1.17 bits per heavy atom. The van der Waals surface area contributed by atoms with Crippen molar-refractivity contribution >= 4 is 11.8 Å². The van der Waals surface area contributed by atoms with Crippen LogP contribution in [0.3, 0.4) is 0 Å². The van der Waals surface area contributed by atoms with Gasteiger partial charge in [-0.3, -0.25) is 14.3 Å². The number of aromatic nitrogens is 2. The predicted octanol–water partition coefficient (Wildman–Crippen LogP) is 2.03. The van der Waals surface area contributed by atoms with Gasteiger partial charge in [0.2, 0.25) is 0 Å². The third-order valence-corrected chi connectivity index (χ3v) is 5.01. The van der Waals surface area contributed by atoms with Crippen molar-refractivity contribution in [2.24, 2.45) is 5.92 Å². The number of nitrogens with zero attached hydrogens (tertiary/aromatic N) is 2. The molecule has 0 radical (unpaired) electrons. The third-order valence-electron chi connectivity index (χ3n) is 5.01. The normalized spacial score (nSPS) is 15.6. The molecule has 1 unspecified atom stereocenters. The van der Waals surface area contributed by atoms with Gasteiger partial charge in [0.05, 0.1) is 31.7 Å². The number of carbonyl (C=O) groups is 2. The van der Waals surface area contributed by atoms with Crippen LogP contribution in [0, 0.1) is 5.92 Å². The standard InChI is InChI=1S/C21H28N4O4/c1-13(2)24-21(27)18-12-23-25-6-5-14(7-19(18)25)11-22-20(26)15-8-16(28-3)10-17(9-15)29-4/h8-10,12-14H,5-7,11H2,1-4H3,(H,22,26)(H,24,27). The van der Waals surface area contributed by atoms with Gasteiger partial charge in [0.1, 0.15) is 11.5 Å². The number of hydrogen-bond acceptors (Lipinski definition) is 5. The summed E-state index contributed by atoms with van der Waals surface area (Å²) in [4.78, 5) is 25.0. The van der Waals surface area contributed by atoms with Gasteiger partial charge in [-0.2, -0.15) is 5.10 Å². The molecule has 1 aromatic heterocycles. The molecule has 8 nitrogen and oxygen atoms in total. The van der Waals surface area contributed by atoms with Crippen molar-refractivity contribution < 1.29 is 19.1 Å². The number of amides is 2. The van der Waals surface area contributed by atoms with E-state index in [-0.39, 0.29) is 23.8 Å². The summed E-state index contributed by atoms with van der Waals surface area (Å²) in [6.45, 7) is 5.12. The topological polar surface area (TPSA) is 94.5 Å². The molecule has 3 rings (SSSR count). The van der Waals surface area contributed by atoms with E-state index in [0.29, 0.717) is 35.6 Å². The van der Waals surface area contributed by atoms with Gasteiger partial charge < -0.3 is 20.1 Å². The first-order valence-electron chi connectivity index (χ1n) is 9.78. The highest BCUT2D eigenvalue weighted by Gasteiger charge is 2.26. The van der Waals surface area contributed by atoms with E-state index in [1.807, 2.05) is 18.5 Å². The maximum atomic E-state index is 12.6. The Hall–Kier alpha value is -3.03. The van der Waals surface area contributed by atoms with E-state index in [1.165, 1.54) is 0 Å². The lowest BCUT2D eigenvalue weighted by Gasteiger charge is -2.24. The molecule has 0 fully saturated rings. The fourth-order valence-electron chi connectivity index (χ4n) is 3.48. The number of ether oxygens (including phenoxy) is 2. The van der Waals surface area contributed by atoms with Crippen molar-refractivity contribution in [2.75, 3.05) is 20.8 Å². The lowest BCUT2D eigenvalue weighted by Crippen LogP contribution is -2.35. The second kappa shape index (κ2) is 8.98. The largest absolute Gasteiger partial charge is 0.497 e. The van der Waals surface area contributed by atoms with Gasteiger partial charge in [0.25, 0.3) is 11.8 Å². The van der Waals surface area contributed by atoms with Crippen molar-refractivity contribution in [3.8, 4) is 11.5 Å². The molecule has 2 N–H and O–H groups in total. The molecule has 2 amide bonds.